The first-order chi connectivity index (χ1) is 12.2. The Morgan fingerprint density at radius 2 is 1.96 bits per heavy atom. The molecule has 136 valence electrons. The molecule has 0 bridgehead atoms. The minimum absolute atomic E-state index is 0.0504. The fourth-order valence-corrected chi connectivity index (χ4v) is 3.86. The zero-order chi connectivity index (χ0) is 17.2. The summed E-state index contributed by atoms with van der Waals surface area (Å²) in [5, 5.41) is 10.3. The summed E-state index contributed by atoms with van der Waals surface area (Å²) in [5.41, 5.74) is 0.816. The number of amides is 4. The molecule has 2 N–H and O–H groups in total. The van der Waals surface area contributed by atoms with Crippen molar-refractivity contribution in [3.05, 3.63) is 12.4 Å². The van der Waals surface area contributed by atoms with Crippen LogP contribution in [-0.2, 0) is 0 Å². The van der Waals surface area contributed by atoms with Gasteiger partial charge in [-0.25, -0.2) is 9.59 Å². The summed E-state index contributed by atoms with van der Waals surface area (Å²) in [6.45, 7) is 2.69. The van der Waals surface area contributed by atoms with Crippen LogP contribution in [0.4, 0.5) is 15.3 Å². The van der Waals surface area contributed by atoms with E-state index in [0.717, 1.165) is 18.5 Å². The highest BCUT2D eigenvalue weighted by molar-refractivity contribution is 5.93. The van der Waals surface area contributed by atoms with Crippen molar-refractivity contribution in [1.29, 1.82) is 0 Å². The number of nitrogens with one attached hydrogen (secondary N) is 2. The van der Waals surface area contributed by atoms with Crippen LogP contribution in [0.3, 0.4) is 0 Å². The minimum Gasteiger partial charge on any atom is -0.336 e. The third-order valence-corrected chi connectivity index (χ3v) is 5.46. The molecule has 0 aromatic carbocycles. The molecule has 0 radical (unpaired) electrons. The van der Waals surface area contributed by atoms with E-state index >= 15 is 0 Å². The molecular weight excluding hydrogens is 320 g/mol. The van der Waals surface area contributed by atoms with Crippen LogP contribution in [-0.4, -0.2) is 59.0 Å². The van der Waals surface area contributed by atoms with Gasteiger partial charge in [-0.1, -0.05) is 25.7 Å². The first-order valence-corrected chi connectivity index (χ1v) is 9.35. The zero-order valence-electron chi connectivity index (χ0n) is 14.5. The van der Waals surface area contributed by atoms with Gasteiger partial charge in [0, 0.05) is 38.4 Å². The highest BCUT2D eigenvalue weighted by atomic mass is 16.2. The summed E-state index contributed by atoms with van der Waals surface area (Å²) in [5.74, 6) is 0. The molecule has 1 aromatic rings. The minimum atomic E-state index is -0.0717. The van der Waals surface area contributed by atoms with Crippen molar-refractivity contribution in [2.45, 2.75) is 50.6 Å². The van der Waals surface area contributed by atoms with Crippen LogP contribution >= 0.6 is 0 Å². The Morgan fingerprint density at radius 1 is 1.20 bits per heavy atom. The molecular formula is C17H26N6O2. The van der Waals surface area contributed by atoms with Crippen LogP contribution < -0.4 is 15.5 Å². The van der Waals surface area contributed by atoms with Crippen molar-refractivity contribution < 1.29 is 9.59 Å². The third-order valence-electron chi connectivity index (χ3n) is 5.46. The molecule has 0 spiro atoms. The Balaban J connectivity index is 1.27. The Kier molecular flexibility index (Phi) is 4.50. The van der Waals surface area contributed by atoms with Crippen molar-refractivity contribution in [2.24, 2.45) is 0 Å². The topological polar surface area (TPSA) is 82.5 Å². The molecule has 2 saturated heterocycles. The summed E-state index contributed by atoms with van der Waals surface area (Å²) in [4.78, 5) is 27.6. The smallest absolute Gasteiger partial charge is 0.322 e. The highest BCUT2D eigenvalue weighted by Gasteiger charge is 2.34. The molecule has 4 amide bonds. The predicted molar refractivity (Wildman–Crippen MR) is 93.6 cm³/mol. The largest absolute Gasteiger partial charge is 0.336 e. The second-order valence-electron chi connectivity index (χ2n) is 7.26. The molecule has 3 fully saturated rings. The van der Waals surface area contributed by atoms with E-state index in [-0.39, 0.29) is 18.1 Å². The number of hydrogen-bond donors (Lipinski definition) is 2. The van der Waals surface area contributed by atoms with E-state index in [1.807, 2.05) is 15.8 Å². The molecule has 8 heteroatoms. The maximum atomic E-state index is 12.4. The molecule has 2 aliphatic heterocycles. The fraction of sp³-hybridized carbons (Fsp3) is 0.706. The van der Waals surface area contributed by atoms with Crippen molar-refractivity contribution in [1.82, 2.24) is 25.3 Å². The Bertz CT molecular complexity index is 631. The second kappa shape index (κ2) is 6.93. The molecule has 1 aliphatic carbocycles. The van der Waals surface area contributed by atoms with Crippen LogP contribution in [0.5, 0.6) is 0 Å². The van der Waals surface area contributed by atoms with Gasteiger partial charge in [0.25, 0.3) is 0 Å². The number of likely N-dealkylation sites (tertiary alicyclic amines) is 1. The Labute approximate surface area is 147 Å². The van der Waals surface area contributed by atoms with Crippen molar-refractivity contribution in [3.8, 4) is 0 Å². The average molecular weight is 346 g/mol. The standard InChI is InChI=1S/C17H26N6O2/c24-16-18-7-8-22(16)14-9-19-23(12-14)15-10-21(11-15)17(25)20-13-5-3-1-2-4-6-13/h9,12-13,15H,1-8,10-11H2,(H,18,24)(H,20,25). The van der Waals surface area contributed by atoms with Crippen molar-refractivity contribution in [2.75, 3.05) is 31.1 Å². The SMILES string of the molecule is O=C(NC1CCCCCC1)N1CC(n2cc(N3CCNC3=O)cn2)C1. The van der Waals surface area contributed by atoms with E-state index in [0.29, 0.717) is 32.2 Å². The number of urea groups is 2. The van der Waals surface area contributed by atoms with E-state index in [1.165, 1.54) is 25.7 Å². The average Bonchev–Trinajstić information content (AvgIpc) is 3.10. The molecule has 1 saturated carbocycles. The van der Waals surface area contributed by atoms with Gasteiger partial charge in [0.05, 0.1) is 17.9 Å². The normalized spacial score (nSPS) is 22.5. The van der Waals surface area contributed by atoms with Gasteiger partial charge >= 0.3 is 12.1 Å². The molecule has 3 heterocycles. The number of carbonyl (C=O) groups is 2. The van der Waals surface area contributed by atoms with E-state index < -0.39 is 0 Å². The number of aromatic nitrogens is 2. The molecule has 25 heavy (non-hydrogen) atoms. The first kappa shape index (κ1) is 16.2. The molecule has 3 aliphatic rings. The van der Waals surface area contributed by atoms with Gasteiger partial charge in [-0.05, 0) is 12.8 Å². The summed E-state index contributed by atoms with van der Waals surface area (Å²) in [6, 6.07) is 0.505. The van der Waals surface area contributed by atoms with Gasteiger partial charge in [0.2, 0.25) is 0 Å². The monoisotopic (exact) mass is 346 g/mol. The molecule has 0 unspecified atom stereocenters. The van der Waals surface area contributed by atoms with E-state index in [9.17, 15) is 9.59 Å². The van der Waals surface area contributed by atoms with Crippen LogP contribution in [0.2, 0.25) is 0 Å². The summed E-state index contributed by atoms with van der Waals surface area (Å²) < 4.78 is 1.87. The van der Waals surface area contributed by atoms with E-state index in [1.54, 1.807) is 11.1 Å². The number of carbonyl (C=O) groups excluding carboxylic acids is 2. The number of hydrogen-bond acceptors (Lipinski definition) is 3. The van der Waals surface area contributed by atoms with E-state index in [2.05, 4.69) is 15.7 Å². The van der Waals surface area contributed by atoms with Crippen LogP contribution in [0.1, 0.15) is 44.6 Å². The van der Waals surface area contributed by atoms with Crippen LogP contribution in [0, 0.1) is 0 Å². The van der Waals surface area contributed by atoms with Crippen LogP contribution in [0.15, 0.2) is 12.4 Å². The van der Waals surface area contributed by atoms with Gasteiger partial charge in [-0.3, -0.25) is 9.58 Å². The van der Waals surface area contributed by atoms with Crippen molar-refractivity contribution >= 4 is 17.7 Å². The summed E-state index contributed by atoms with van der Waals surface area (Å²) in [7, 11) is 0. The lowest BCUT2D eigenvalue weighted by atomic mass is 10.1. The van der Waals surface area contributed by atoms with Gasteiger partial charge in [-0.15, -0.1) is 0 Å². The lowest BCUT2D eigenvalue weighted by Gasteiger charge is -2.39. The zero-order valence-corrected chi connectivity index (χ0v) is 14.5. The fourth-order valence-electron chi connectivity index (χ4n) is 3.86. The number of anilines is 1. The first-order valence-electron chi connectivity index (χ1n) is 9.35. The Morgan fingerprint density at radius 3 is 2.64 bits per heavy atom. The van der Waals surface area contributed by atoms with E-state index in [4.69, 9.17) is 0 Å². The van der Waals surface area contributed by atoms with Gasteiger partial charge in [0.1, 0.15) is 0 Å². The third kappa shape index (κ3) is 3.43. The molecule has 0 atom stereocenters. The lowest BCUT2D eigenvalue weighted by Crippen LogP contribution is -2.56. The highest BCUT2D eigenvalue weighted by Crippen LogP contribution is 2.25. The van der Waals surface area contributed by atoms with Gasteiger partial charge < -0.3 is 15.5 Å². The molecule has 1 aromatic heterocycles. The molecule has 8 nitrogen and oxygen atoms in total. The van der Waals surface area contributed by atoms with Gasteiger partial charge in [-0.2, -0.15) is 5.10 Å². The van der Waals surface area contributed by atoms with Crippen molar-refractivity contribution in [3.63, 3.8) is 0 Å². The van der Waals surface area contributed by atoms with Gasteiger partial charge in [0.15, 0.2) is 0 Å². The Hall–Kier alpha value is -2.25. The van der Waals surface area contributed by atoms with Crippen LogP contribution in [0.25, 0.3) is 0 Å². The maximum absolute atomic E-state index is 12.4. The number of nitrogens with zero attached hydrogens (tertiary/aromatic N) is 4. The molecule has 4 rings (SSSR count). The summed E-state index contributed by atoms with van der Waals surface area (Å²) >= 11 is 0. The predicted octanol–water partition coefficient (Wildman–Crippen LogP) is 1.70. The number of rotatable bonds is 3. The second-order valence-corrected chi connectivity index (χ2v) is 7.26. The maximum Gasteiger partial charge on any atom is 0.322 e. The summed E-state index contributed by atoms with van der Waals surface area (Å²) in [6.07, 6.45) is 10.8. The quantitative estimate of drug-likeness (QED) is 0.817. The lowest BCUT2D eigenvalue weighted by molar-refractivity contribution is 0.115.